The minimum absolute atomic E-state index is 0.0763. The van der Waals surface area contributed by atoms with Gasteiger partial charge in [0.1, 0.15) is 15.9 Å². The molecular formula is C14H4I5O7S-. The number of benzene rings is 2. The number of carbonyl (C=O) groups is 2. The van der Waals surface area contributed by atoms with E-state index in [1.54, 1.807) is 57.3 Å². The van der Waals surface area contributed by atoms with E-state index < -0.39 is 27.0 Å². The molecule has 0 spiro atoms. The van der Waals surface area contributed by atoms with Crippen molar-refractivity contribution in [2.75, 3.05) is 0 Å². The van der Waals surface area contributed by atoms with Crippen LogP contribution in [0.4, 0.5) is 0 Å². The molecule has 0 heterocycles. The third-order valence-corrected chi connectivity index (χ3v) is 8.36. The van der Waals surface area contributed by atoms with Crippen LogP contribution in [0.15, 0.2) is 29.2 Å². The van der Waals surface area contributed by atoms with Crippen molar-refractivity contribution in [3.63, 3.8) is 0 Å². The van der Waals surface area contributed by atoms with Crippen LogP contribution in [-0.2, 0) is 19.7 Å². The number of halogens is 5. The van der Waals surface area contributed by atoms with E-state index in [-0.39, 0.29) is 18.6 Å². The lowest BCUT2D eigenvalue weighted by atomic mass is 10.3. The molecule has 2 rings (SSSR count). The van der Waals surface area contributed by atoms with Gasteiger partial charge in [-0.2, -0.15) is 0 Å². The Hall–Kier alpha value is 0.940. The lowest BCUT2D eigenvalue weighted by Gasteiger charge is -2.13. The summed E-state index contributed by atoms with van der Waals surface area (Å²) < 4.78 is 46.3. The fourth-order valence-corrected chi connectivity index (χ4v) is 9.47. The van der Waals surface area contributed by atoms with Crippen molar-refractivity contribution < 1.29 is 32.0 Å². The second-order valence-electron chi connectivity index (χ2n) is 4.65. The smallest absolute Gasteiger partial charge is 0.423 e. The summed E-state index contributed by atoms with van der Waals surface area (Å²) in [6.07, 6.45) is 0. The molecule has 0 saturated carbocycles. The second kappa shape index (κ2) is 9.83. The van der Waals surface area contributed by atoms with Crippen LogP contribution in [0.25, 0.3) is 0 Å². The van der Waals surface area contributed by atoms with E-state index in [0.717, 1.165) is 3.57 Å². The number of ether oxygens (including phenoxy) is 2. The maximum atomic E-state index is 12.0. The number of hydrogen-bond acceptors (Lipinski definition) is 7. The van der Waals surface area contributed by atoms with Crippen molar-refractivity contribution in [2.24, 2.45) is 0 Å². The Labute approximate surface area is 222 Å². The summed E-state index contributed by atoms with van der Waals surface area (Å²) in [6, 6.07) is 5.92. The molecule has 0 atom stereocenters. The quantitative estimate of drug-likeness (QED) is 0.150. The van der Waals surface area contributed by atoms with Gasteiger partial charge in [0.2, 0.25) is 0 Å². The van der Waals surface area contributed by atoms with Gasteiger partial charge in [-0.15, -0.1) is 0 Å². The zero-order valence-electron chi connectivity index (χ0n) is 12.5. The van der Waals surface area contributed by atoms with Gasteiger partial charge in [0, 0.05) is 10.7 Å². The van der Waals surface area contributed by atoms with Crippen LogP contribution in [0.2, 0.25) is 0 Å². The fraction of sp³-hybridized carbons (Fsp3) is 0. The highest BCUT2D eigenvalue weighted by molar-refractivity contribution is 14.1. The zero-order valence-corrected chi connectivity index (χ0v) is 24.1. The first-order valence-corrected chi connectivity index (χ1v) is 13.2. The summed E-state index contributed by atoms with van der Waals surface area (Å²) in [5.41, 5.74) is 0. The molecule has 2 aromatic rings. The molecule has 0 aliphatic rings. The van der Waals surface area contributed by atoms with E-state index in [1.807, 2.05) is 45.2 Å². The molecule has 0 radical (unpaired) electrons. The first-order valence-electron chi connectivity index (χ1n) is 6.43. The van der Waals surface area contributed by atoms with E-state index in [0.29, 0.717) is 7.14 Å². The van der Waals surface area contributed by atoms with Gasteiger partial charge in [-0.05, 0) is 137 Å². The van der Waals surface area contributed by atoms with Crippen LogP contribution in [0.5, 0.6) is 11.5 Å². The molecule has 13 heteroatoms. The summed E-state index contributed by atoms with van der Waals surface area (Å²) in [7, 11) is -4.68. The number of hydrogen-bond donors (Lipinski definition) is 0. The van der Waals surface area contributed by atoms with E-state index >= 15 is 0 Å². The molecule has 0 amide bonds. The van der Waals surface area contributed by atoms with Gasteiger partial charge < -0.3 is 14.0 Å². The third kappa shape index (κ3) is 6.46. The van der Waals surface area contributed by atoms with E-state index in [4.69, 9.17) is 9.47 Å². The number of rotatable bonds is 3. The average molecular weight is 951 g/mol. The van der Waals surface area contributed by atoms with Crippen LogP contribution in [0.3, 0.4) is 0 Å². The molecule has 0 aliphatic carbocycles. The van der Waals surface area contributed by atoms with Crippen LogP contribution in [0, 0.1) is 17.9 Å². The maximum Gasteiger partial charge on any atom is 0.423 e. The fourth-order valence-electron chi connectivity index (χ4n) is 1.74. The summed E-state index contributed by atoms with van der Waals surface area (Å²) in [5, 5.41) is 0. The molecular weight excluding hydrogens is 947 g/mol. The van der Waals surface area contributed by atoms with Crippen molar-refractivity contribution in [1.82, 2.24) is 0 Å². The molecule has 0 bridgehead atoms. The summed E-state index contributed by atoms with van der Waals surface area (Å²) in [4.78, 5) is 23.7. The summed E-state index contributed by atoms with van der Waals surface area (Å²) in [6.45, 7) is 0. The van der Waals surface area contributed by atoms with Gasteiger partial charge in [0.05, 0.1) is 12.0 Å². The van der Waals surface area contributed by atoms with Crippen LogP contribution >= 0.6 is 113 Å². The Bertz CT molecular complexity index is 1010. The van der Waals surface area contributed by atoms with E-state index in [9.17, 15) is 22.6 Å². The molecule has 0 aromatic heterocycles. The molecule has 7 nitrogen and oxygen atoms in total. The normalized spacial score (nSPS) is 11.2. The van der Waals surface area contributed by atoms with Gasteiger partial charge in [0.25, 0.3) is 0 Å². The van der Waals surface area contributed by atoms with Crippen molar-refractivity contribution >= 4 is 135 Å². The van der Waals surface area contributed by atoms with Gasteiger partial charge in [-0.3, -0.25) is 0 Å². The number of esters is 2. The van der Waals surface area contributed by atoms with Gasteiger partial charge in [-0.25, -0.2) is 18.0 Å². The topological polar surface area (TPSA) is 110 Å². The first-order chi connectivity index (χ1) is 12.4. The van der Waals surface area contributed by atoms with Crippen molar-refractivity contribution in [2.45, 2.75) is 4.90 Å². The van der Waals surface area contributed by atoms with Crippen LogP contribution in [0.1, 0.15) is 0 Å². The molecule has 0 N–H and O–H groups in total. The zero-order chi connectivity index (χ0) is 20.5. The highest BCUT2D eigenvalue weighted by Gasteiger charge is 2.23. The maximum absolute atomic E-state index is 12.0. The van der Waals surface area contributed by atoms with Crippen LogP contribution in [-0.4, -0.2) is 24.9 Å². The molecule has 144 valence electrons. The monoisotopic (exact) mass is 950 g/mol. The predicted molar refractivity (Wildman–Crippen MR) is 136 cm³/mol. The largest absolute Gasteiger partial charge is 0.744 e. The summed E-state index contributed by atoms with van der Waals surface area (Å²) in [5.74, 6) is -2.33. The Morgan fingerprint density at radius 1 is 0.778 bits per heavy atom. The van der Waals surface area contributed by atoms with E-state index in [2.05, 4.69) is 22.6 Å². The average Bonchev–Trinajstić information content (AvgIpc) is 2.48. The Morgan fingerprint density at radius 2 is 1.22 bits per heavy atom. The lowest BCUT2D eigenvalue weighted by Crippen LogP contribution is -2.26. The molecule has 2 aromatic carbocycles. The Kier molecular flexibility index (Phi) is 8.82. The number of carbonyl (C=O) groups excluding carboxylic acids is 2. The van der Waals surface area contributed by atoms with Crippen LogP contribution < -0.4 is 9.47 Å². The minimum atomic E-state index is -4.68. The van der Waals surface area contributed by atoms with Crippen molar-refractivity contribution in [1.29, 1.82) is 0 Å². The molecule has 0 saturated heterocycles. The van der Waals surface area contributed by atoms with Crippen molar-refractivity contribution in [3.8, 4) is 11.5 Å². The molecule has 27 heavy (non-hydrogen) atoms. The minimum Gasteiger partial charge on any atom is -0.744 e. The molecule has 0 fully saturated rings. The first kappa shape index (κ1) is 24.2. The Morgan fingerprint density at radius 3 is 1.67 bits per heavy atom. The highest BCUT2D eigenvalue weighted by Crippen LogP contribution is 2.31. The summed E-state index contributed by atoms with van der Waals surface area (Å²) >= 11 is 9.36. The lowest BCUT2D eigenvalue weighted by molar-refractivity contribution is -0.156. The predicted octanol–water partition coefficient (Wildman–Crippen LogP) is 4.12. The second-order valence-corrected chi connectivity index (χ2v) is 11.9. The third-order valence-electron chi connectivity index (χ3n) is 2.76. The van der Waals surface area contributed by atoms with Gasteiger partial charge in [0.15, 0.2) is 5.75 Å². The standard InChI is InChI=1S/C14H5I5O7S/c15-5-1-7(16)11(8(17)2-5)26-14(21)13(20)25-6-3-9(18)12(10(19)4-6)27(22,23)24/h1-4H,(H,22,23,24)/p-1. The van der Waals surface area contributed by atoms with Crippen molar-refractivity contribution in [3.05, 3.63) is 42.1 Å². The SMILES string of the molecule is O=C(Oc1cc(I)c(S(=O)(=O)[O-])c(I)c1)C(=O)Oc1c(I)cc(I)cc1I. The molecule has 0 aliphatic heterocycles. The highest BCUT2D eigenvalue weighted by atomic mass is 127. The van der Waals surface area contributed by atoms with E-state index in [1.165, 1.54) is 12.1 Å². The Balaban J connectivity index is 2.22. The van der Waals surface area contributed by atoms with Gasteiger partial charge >= 0.3 is 11.9 Å². The molecule has 0 unspecified atom stereocenters. The van der Waals surface area contributed by atoms with Gasteiger partial charge in [-0.1, -0.05) is 0 Å².